The van der Waals surface area contributed by atoms with Crippen molar-refractivity contribution in [3.05, 3.63) is 46.0 Å². The van der Waals surface area contributed by atoms with Gasteiger partial charge in [-0.05, 0) is 55.6 Å². The minimum Gasteiger partial charge on any atom is -0.334 e. The van der Waals surface area contributed by atoms with Crippen LogP contribution >= 0.6 is 12.2 Å². The van der Waals surface area contributed by atoms with Gasteiger partial charge in [0.25, 0.3) is 0 Å². The molecule has 4 heteroatoms. The van der Waals surface area contributed by atoms with Crippen LogP contribution in [0.15, 0.2) is 29.4 Å². The molecule has 5 rings (SSSR count). The van der Waals surface area contributed by atoms with E-state index in [9.17, 15) is 0 Å². The highest BCUT2D eigenvalue weighted by Gasteiger charge is 2.47. The molecule has 1 aromatic heterocycles. The van der Waals surface area contributed by atoms with Crippen LogP contribution in [0.5, 0.6) is 0 Å². The minimum absolute atomic E-state index is 0.0519. The SMILES string of the molecule is [2H]C1=NC2(CC2)c2ccc(-n3cc(C4CC4)[nH]c3=S)cc21. The number of aromatic nitrogens is 2. The van der Waals surface area contributed by atoms with E-state index in [0.29, 0.717) is 12.1 Å². The van der Waals surface area contributed by atoms with Crippen molar-refractivity contribution < 1.29 is 1.37 Å². The molecule has 0 bridgehead atoms. The van der Waals surface area contributed by atoms with Crippen molar-refractivity contribution in [3.8, 4) is 5.69 Å². The lowest BCUT2D eigenvalue weighted by Gasteiger charge is -2.08. The zero-order chi connectivity index (χ0) is 14.2. The van der Waals surface area contributed by atoms with Gasteiger partial charge in [0, 0.05) is 35.3 Å². The average Bonchev–Trinajstić information content (AvgIpc) is 3.38. The standard InChI is InChI=1S/C16H15N3S/c20-15-18-14(10-1-2-10)9-19(15)12-3-4-13-11(7-12)8-17-16(13)5-6-16/h3-4,7-10H,1-2,5-6H2,(H,18,20)/i8D. The predicted molar refractivity (Wildman–Crippen MR) is 81.4 cm³/mol. The maximum Gasteiger partial charge on any atom is 0.182 e. The van der Waals surface area contributed by atoms with Gasteiger partial charge in [0.05, 0.1) is 6.91 Å². The number of rotatable bonds is 2. The van der Waals surface area contributed by atoms with Gasteiger partial charge < -0.3 is 4.98 Å². The van der Waals surface area contributed by atoms with Gasteiger partial charge in [0.2, 0.25) is 0 Å². The van der Waals surface area contributed by atoms with Gasteiger partial charge in [-0.15, -0.1) is 0 Å². The Bertz CT molecular complexity index is 853. The van der Waals surface area contributed by atoms with E-state index in [1.54, 1.807) is 0 Å². The highest BCUT2D eigenvalue weighted by molar-refractivity contribution is 7.71. The van der Waals surface area contributed by atoms with Crippen molar-refractivity contribution >= 4 is 18.4 Å². The molecule has 0 saturated heterocycles. The quantitative estimate of drug-likeness (QED) is 0.834. The molecule has 2 fully saturated rings. The van der Waals surface area contributed by atoms with Gasteiger partial charge >= 0.3 is 0 Å². The average molecular weight is 282 g/mol. The smallest absolute Gasteiger partial charge is 0.182 e. The van der Waals surface area contributed by atoms with Crippen LogP contribution in [0.1, 0.15) is 49.8 Å². The van der Waals surface area contributed by atoms with Crippen molar-refractivity contribution in [3.63, 3.8) is 0 Å². The van der Waals surface area contributed by atoms with Crippen LogP contribution < -0.4 is 0 Å². The van der Waals surface area contributed by atoms with E-state index in [0.717, 1.165) is 28.9 Å². The second-order valence-corrected chi connectivity index (χ2v) is 6.53. The Balaban J connectivity index is 1.63. The maximum absolute atomic E-state index is 8.11. The van der Waals surface area contributed by atoms with Crippen molar-refractivity contribution in [2.45, 2.75) is 37.1 Å². The third kappa shape index (κ3) is 1.45. The highest BCUT2D eigenvalue weighted by atomic mass is 32.1. The molecule has 2 heterocycles. The fourth-order valence-electron chi connectivity index (χ4n) is 3.11. The molecular weight excluding hydrogens is 266 g/mol. The molecule has 20 heavy (non-hydrogen) atoms. The molecule has 0 amide bonds. The summed E-state index contributed by atoms with van der Waals surface area (Å²) in [6.07, 6.45) is 7.21. The topological polar surface area (TPSA) is 33.1 Å². The molecule has 0 unspecified atom stereocenters. The summed E-state index contributed by atoms with van der Waals surface area (Å²) in [5, 5.41) is 0. The first-order valence-corrected chi connectivity index (χ1v) is 7.60. The Hall–Kier alpha value is -1.68. The summed E-state index contributed by atoms with van der Waals surface area (Å²) >= 11 is 5.45. The summed E-state index contributed by atoms with van der Waals surface area (Å²) in [5.41, 5.74) is 4.41. The molecule has 1 N–H and O–H groups in total. The van der Waals surface area contributed by atoms with Crippen LogP contribution in [0.2, 0.25) is 0 Å². The summed E-state index contributed by atoms with van der Waals surface area (Å²) < 4.78 is 10.9. The zero-order valence-corrected chi connectivity index (χ0v) is 11.8. The molecule has 3 nitrogen and oxygen atoms in total. The molecule has 1 aromatic carbocycles. The second kappa shape index (κ2) is 3.50. The molecular formula is C16H15N3S. The van der Waals surface area contributed by atoms with Crippen molar-refractivity contribution in [1.29, 1.82) is 0 Å². The molecule has 1 aliphatic heterocycles. The number of hydrogen-bond acceptors (Lipinski definition) is 2. The zero-order valence-electron chi connectivity index (χ0n) is 12.0. The van der Waals surface area contributed by atoms with E-state index in [1.165, 1.54) is 24.1 Å². The number of benzene rings is 1. The van der Waals surface area contributed by atoms with E-state index < -0.39 is 0 Å². The van der Waals surface area contributed by atoms with E-state index >= 15 is 0 Å². The molecule has 3 aliphatic rings. The summed E-state index contributed by atoms with van der Waals surface area (Å²) in [5.74, 6) is 0.658. The van der Waals surface area contributed by atoms with Crippen LogP contribution in [0, 0.1) is 4.77 Å². The number of nitrogens with zero attached hydrogens (tertiary/aromatic N) is 2. The molecule has 1 spiro atoms. The van der Waals surface area contributed by atoms with Crippen LogP contribution in [0.25, 0.3) is 5.69 Å². The number of imidazole rings is 1. The summed E-state index contributed by atoms with van der Waals surface area (Å²) in [7, 11) is 0. The number of hydrogen-bond donors (Lipinski definition) is 1. The fourth-order valence-corrected chi connectivity index (χ4v) is 3.39. The monoisotopic (exact) mass is 282 g/mol. The first kappa shape index (κ1) is 10.1. The van der Waals surface area contributed by atoms with Crippen molar-refractivity contribution in [2.24, 2.45) is 4.99 Å². The third-order valence-electron chi connectivity index (χ3n) is 4.65. The number of aromatic amines is 1. The Labute approximate surface area is 123 Å². The van der Waals surface area contributed by atoms with E-state index in [1.807, 2.05) is 4.57 Å². The van der Waals surface area contributed by atoms with Gasteiger partial charge in [-0.2, -0.15) is 0 Å². The Morgan fingerprint density at radius 2 is 2.25 bits per heavy atom. The molecule has 2 aliphatic carbocycles. The summed E-state index contributed by atoms with van der Waals surface area (Å²) in [6, 6.07) is 6.30. The first-order valence-electron chi connectivity index (χ1n) is 7.70. The molecule has 0 atom stereocenters. The van der Waals surface area contributed by atoms with Gasteiger partial charge in [-0.25, -0.2) is 0 Å². The third-order valence-corrected chi connectivity index (χ3v) is 4.95. The van der Waals surface area contributed by atoms with Crippen LogP contribution in [-0.2, 0) is 5.54 Å². The number of nitrogens with one attached hydrogen (secondary N) is 1. The normalized spacial score (nSPS) is 22.6. The van der Waals surface area contributed by atoms with Gasteiger partial charge in [0.15, 0.2) is 4.77 Å². The van der Waals surface area contributed by atoms with E-state index in [-0.39, 0.29) is 5.54 Å². The van der Waals surface area contributed by atoms with Gasteiger partial charge in [-0.1, -0.05) is 6.07 Å². The predicted octanol–water partition coefficient (Wildman–Crippen LogP) is 3.83. The lowest BCUT2D eigenvalue weighted by molar-refractivity contribution is 0.765. The van der Waals surface area contributed by atoms with Crippen LogP contribution in [-0.4, -0.2) is 15.7 Å². The lowest BCUT2D eigenvalue weighted by atomic mass is 10.0. The lowest BCUT2D eigenvalue weighted by Crippen LogP contribution is -2.00. The Morgan fingerprint density at radius 1 is 1.40 bits per heavy atom. The van der Waals surface area contributed by atoms with Gasteiger partial charge in [-0.3, -0.25) is 9.56 Å². The number of H-pyrrole nitrogens is 1. The molecule has 2 saturated carbocycles. The molecule has 0 radical (unpaired) electrons. The first-order chi connectivity index (χ1) is 10.2. The highest BCUT2D eigenvalue weighted by Crippen LogP contribution is 2.53. The molecule has 100 valence electrons. The fraction of sp³-hybridized carbons (Fsp3) is 0.375. The van der Waals surface area contributed by atoms with Gasteiger partial charge in [0.1, 0.15) is 0 Å². The van der Waals surface area contributed by atoms with Crippen molar-refractivity contribution in [2.75, 3.05) is 0 Å². The summed E-state index contributed by atoms with van der Waals surface area (Å²) in [4.78, 5) is 7.85. The summed E-state index contributed by atoms with van der Waals surface area (Å²) in [6.45, 7) is 0. The van der Waals surface area contributed by atoms with Crippen LogP contribution in [0.4, 0.5) is 0 Å². The largest absolute Gasteiger partial charge is 0.334 e. The number of aliphatic imine (C=N–C) groups is 1. The van der Waals surface area contributed by atoms with Crippen molar-refractivity contribution in [1.82, 2.24) is 9.55 Å². The van der Waals surface area contributed by atoms with E-state index in [2.05, 4.69) is 34.4 Å². The van der Waals surface area contributed by atoms with Crippen LogP contribution in [0.3, 0.4) is 0 Å². The second-order valence-electron chi connectivity index (χ2n) is 6.14. The Morgan fingerprint density at radius 3 is 3.00 bits per heavy atom. The molecule has 2 aromatic rings. The number of fused-ring (bicyclic) bond motifs is 2. The minimum atomic E-state index is -0.0519. The van der Waals surface area contributed by atoms with E-state index in [4.69, 9.17) is 13.6 Å². The maximum atomic E-state index is 8.11. The Kier molecular flexibility index (Phi) is 1.77.